The van der Waals surface area contributed by atoms with Crippen LogP contribution in [0.2, 0.25) is 0 Å². The Kier molecular flexibility index (Phi) is 5.82. The zero-order valence-corrected chi connectivity index (χ0v) is 20.4. The Bertz CT molecular complexity index is 732. The minimum absolute atomic E-state index is 0.126. The first-order valence-corrected chi connectivity index (χ1v) is 12.4. The lowest BCUT2D eigenvalue weighted by Crippen LogP contribution is -2.54. The fourth-order valence-electron chi connectivity index (χ4n) is 8.18. The fourth-order valence-corrected chi connectivity index (χ4v) is 8.18. The Morgan fingerprint density at radius 3 is 2.47 bits per heavy atom. The van der Waals surface area contributed by atoms with Gasteiger partial charge in [-0.3, -0.25) is 0 Å². The van der Waals surface area contributed by atoms with Crippen molar-refractivity contribution >= 4 is 0 Å². The molecule has 3 nitrogen and oxygen atoms in total. The number of hydrogen-bond acceptors (Lipinski definition) is 3. The summed E-state index contributed by atoms with van der Waals surface area (Å²) in [5, 5.41) is 10.4. The molecule has 1 fully saturated rings. The van der Waals surface area contributed by atoms with Gasteiger partial charge in [0.05, 0.1) is 12.2 Å². The number of ether oxygens (including phenoxy) is 2. The lowest BCUT2D eigenvalue weighted by Gasteiger charge is -2.60. The summed E-state index contributed by atoms with van der Waals surface area (Å²) in [5.74, 6) is 1.03. The topological polar surface area (TPSA) is 38.7 Å². The van der Waals surface area contributed by atoms with E-state index in [4.69, 9.17) is 9.47 Å². The highest BCUT2D eigenvalue weighted by Gasteiger charge is 2.58. The van der Waals surface area contributed by atoms with Gasteiger partial charge >= 0.3 is 0 Å². The minimum atomic E-state index is -0.225. The Balaban J connectivity index is 1.63. The zero-order valence-electron chi connectivity index (χ0n) is 20.4. The molecule has 0 amide bonds. The van der Waals surface area contributed by atoms with E-state index in [9.17, 15) is 5.11 Å². The number of aliphatic hydroxyl groups is 1. The number of allylic oxidation sites excluding steroid dienone is 4. The van der Waals surface area contributed by atoms with Gasteiger partial charge in [0.2, 0.25) is 0 Å². The van der Waals surface area contributed by atoms with Crippen LogP contribution in [0.25, 0.3) is 0 Å². The molecule has 0 bridgehead atoms. The summed E-state index contributed by atoms with van der Waals surface area (Å²) in [6.45, 7) is 16.6. The number of rotatable bonds is 5. The maximum Gasteiger partial charge on any atom is 0.155 e. The summed E-state index contributed by atoms with van der Waals surface area (Å²) >= 11 is 0. The lowest BCUT2D eigenvalue weighted by atomic mass is 9.46. The molecule has 0 aromatic carbocycles. The van der Waals surface area contributed by atoms with Crippen molar-refractivity contribution in [2.24, 2.45) is 28.1 Å². The van der Waals surface area contributed by atoms with Gasteiger partial charge in [-0.1, -0.05) is 39.3 Å². The Labute approximate surface area is 184 Å². The maximum atomic E-state index is 10.4. The van der Waals surface area contributed by atoms with E-state index in [2.05, 4.69) is 33.8 Å². The van der Waals surface area contributed by atoms with Crippen LogP contribution in [0.4, 0.5) is 0 Å². The summed E-state index contributed by atoms with van der Waals surface area (Å²) in [7, 11) is 0. The molecule has 1 N–H and O–H groups in total. The van der Waals surface area contributed by atoms with E-state index in [1.54, 1.807) is 16.7 Å². The molecule has 7 atom stereocenters. The molecule has 4 rings (SSSR count). The quantitative estimate of drug-likeness (QED) is 0.526. The second-order valence-electron chi connectivity index (χ2n) is 11.6. The van der Waals surface area contributed by atoms with Crippen molar-refractivity contribution in [1.29, 1.82) is 0 Å². The predicted octanol–water partition coefficient (Wildman–Crippen LogP) is 6.41. The smallest absolute Gasteiger partial charge is 0.155 e. The number of hydrogen-bond donors (Lipinski definition) is 1. The molecular weight excluding hydrogens is 372 g/mol. The molecule has 4 aliphatic rings. The summed E-state index contributed by atoms with van der Waals surface area (Å²) in [5.41, 5.74) is 5.59. The molecule has 170 valence electrons. The molecule has 4 aliphatic carbocycles. The van der Waals surface area contributed by atoms with Crippen molar-refractivity contribution in [3.63, 3.8) is 0 Å². The maximum absolute atomic E-state index is 10.4. The molecule has 0 aliphatic heterocycles. The normalized spacial score (nSPS) is 42.1. The summed E-state index contributed by atoms with van der Waals surface area (Å²) in [6, 6.07) is 0. The van der Waals surface area contributed by atoms with Gasteiger partial charge < -0.3 is 14.6 Å². The van der Waals surface area contributed by atoms with E-state index in [-0.39, 0.29) is 34.7 Å². The molecule has 0 saturated heterocycles. The zero-order chi connectivity index (χ0) is 21.9. The SMILES string of the molecule is CCOC(C)OC1CCC2(C)C3=C(CCC2C1(C)C)C1=CCC([C@@H](C)O)C1(C)CC3. The van der Waals surface area contributed by atoms with E-state index >= 15 is 0 Å². The molecular formula is C27H44O3. The fraction of sp³-hybridized carbons (Fsp3) is 0.852. The van der Waals surface area contributed by atoms with Crippen molar-refractivity contribution in [3.8, 4) is 0 Å². The van der Waals surface area contributed by atoms with Gasteiger partial charge in [-0.15, -0.1) is 0 Å². The molecule has 0 aromatic heterocycles. The van der Waals surface area contributed by atoms with Crippen LogP contribution in [0.5, 0.6) is 0 Å². The molecule has 3 heteroatoms. The Morgan fingerprint density at radius 1 is 1.07 bits per heavy atom. The molecule has 0 spiro atoms. The van der Waals surface area contributed by atoms with Crippen LogP contribution in [0.3, 0.4) is 0 Å². The highest BCUT2D eigenvalue weighted by Crippen LogP contribution is 2.66. The van der Waals surface area contributed by atoms with E-state index < -0.39 is 0 Å². The van der Waals surface area contributed by atoms with Crippen molar-refractivity contribution in [2.45, 2.75) is 112 Å². The first kappa shape index (κ1) is 22.6. The van der Waals surface area contributed by atoms with E-state index in [1.807, 2.05) is 20.8 Å². The standard InChI is InChI=1S/C27H44O3/c1-8-29-18(3)30-24-14-16-27(7)22-13-15-26(6)20(17(2)28)10-11-21(26)19(22)9-12-23(27)25(24,4)5/h11,17-18,20,23-24,28H,8-10,12-16H2,1-7H3/t17-,18?,20?,23?,24?,26?,27?/m1/s1. The largest absolute Gasteiger partial charge is 0.393 e. The molecule has 6 unspecified atom stereocenters. The highest BCUT2D eigenvalue weighted by molar-refractivity contribution is 5.49. The average molecular weight is 417 g/mol. The van der Waals surface area contributed by atoms with Crippen molar-refractivity contribution in [2.75, 3.05) is 6.61 Å². The summed E-state index contributed by atoms with van der Waals surface area (Å²) in [6.07, 6.45) is 10.6. The van der Waals surface area contributed by atoms with Crippen LogP contribution >= 0.6 is 0 Å². The van der Waals surface area contributed by atoms with Crippen LogP contribution < -0.4 is 0 Å². The van der Waals surface area contributed by atoms with Gasteiger partial charge in [-0.05, 0) is 105 Å². The number of aliphatic hydroxyl groups excluding tert-OH is 1. The third kappa shape index (κ3) is 3.26. The number of fused-ring (bicyclic) bond motifs is 4. The monoisotopic (exact) mass is 416 g/mol. The van der Waals surface area contributed by atoms with Crippen LogP contribution in [-0.4, -0.2) is 30.2 Å². The second kappa shape index (κ2) is 7.74. The third-order valence-electron chi connectivity index (χ3n) is 9.73. The third-order valence-corrected chi connectivity index (χ3v) is 9.73. The molecule has 0 radical (unpaired) electrons. The average Bonchev–Trinajstić information content (AvgIpc) is 3.02. The van der Waals surface area contributed by atoms with Crippen LogP contribution in [0.15, 0.2) is 22.8 Å². The van der Waals surface area contributed by atoms with Crippen LogP contribution in [-0.2, 0) is 9.47 Å². The second-order valence-corrected chi connectivity index (χ2v) is 11.6. The van der Waals surface area contributed by atoms with Crippen LogP contribution in [0.1, 0.15) is 93.4 Å². The highest BCUT2D eigenvalue weighted by atomic mass is 16.7. The van der Waals surface area contributed by atoms with E-state index in [1.165, 1.54) is 32.1 Å². The van der Waals surface area contributed by atoms with Gasteiger partial charge in [-0.25, -0.2) is 0 Å². The van der Waals surface area contributed by atoms with Gasteiger partial charge in [0.15, 0.2) is 6.29 Å². The van der Waals surface area contributed by atoms with E-state index in [0.29, 0.717) is 18.4 Å². The lowest BCUT2D eigenvalue weighted by molar-refractivity contribution is -0.214. The van der Waals surface area contributed by atoms with Crippen molar-refractivity contribution in [3.05, 3.63) is 22.8 Å². The molecule has 0 aromatic rings. The van der Waals surface area contributed by atoms with Crippen LogP contribution in [0, 0.1) is 28.1 Å². The first-order valence-electron chi connectivity index (χ1n) is 12.4. The Hall–Kier alpha value is -0.640. The Morgan fingerprint density at radius 2 is 1.80 bits per heavy atom. The minimum Gasteiger partial charge on any atom is -0.393 e. The summed E-state index contributed by atoms with van der Waals surface area (Å²) in [4.78, 5) is 0. The molecule has 1 saturated carbocycles. The van der Waals surface area contributed by atoms with Gasteiger partial charge in [0, 0.05) is 6.61 Å². The van der Waals surface area contributed by atoms with E-state index in [0.717, 1.165) is 12.8 Å². The van der Waals surface area contributed by atoms with Gasteiger partial charge in [0.1, 0.15) is 0 Å². The van der Waals surface area contributed by atoms with Gasteiger partial charge in [0.25, 0.3) is 0 Å². The van der Waals surface area contributed by atoms with Gasteiger partial charge in [-0.2, -0.15) is 0 Å². The molecule has 0 heterocycles. The first-order chi connectivity index (χ1) is 14.1. The predicted molar refractivity (Wildman–Crippen MR) is 122 cm³/mol. The molecule has 30 heavy (non-hydrogen) atoms. The summed E-state index contributed by atoms with van der Waals surface area (Å²) < 4.78 is 12.1. The van der Waals surface area contributed by atoms with Crippen molar-refractivity contribution in [1.82, 2.24) is 0 Å². The van der Waals surface area contributed by atoms with Crippen molar-refractivity contribution < 1.29 is 14.6 Å².